The standard InChI is InChI=1S/C12H19N3O2/c1-4-11(12(16)17-5-2)15-8-10-7-13-9(3)6-14-10/h6-7,11,15H,4-5,8H2,1-3H3. The summed E-state index contributed by atoms with van der Waals surface area (Å²) in [5.41, 5.74) is 1.70. The molecular weight excluding hydrogens is 218 g/mol. The van der Waals surface area contributed by atoms with E-state index in [1.807, 2.05) is 13.8 Å². The van der Waals surface area contributed by atoms with Crippen LogP contribution in [-0.2, 0) is 16.1 Å². The van der Waals surface area contributed by atoms with Gasteiger partial charge in [-0.25, -0.2) is 0 Å². The van der Waals surface area contributed by atoms with E-state index in [1.165, 1.54) is 0 Å². The van der Waals surface area contributed by atoms with Gasteiger partial charge in [-0.2, -0.15) is 0 Å². The monoisotopic (exact) mass is 237 g/mol. The Hall–Kier alpha value is -1.49. The van der Waals surface area contributed by atoms with Crippen LogP contribution in [0, 0.1) is 6.92 Å². The first-order valence-electron chi connectivity index (χ1n) is 5.84. The van der Waals surface area contributed by atoms with Gasteiger partial charge in [0.15, 0.2) is 0 Å². The highest BCUT2D eigenvalue weighted by Crippen LogP contribution is 1.99. The summed E-state index contributed by atoms with van der Waals surface area (Å²) in [7, 11) is 0. The van der Waals surface area contributed by atoms with E-state index in [1.54, 1.807) is 19.3 Å². The second kappa shape index (κ2) is 6.96. The molecule has 0 amide bonds. The number of carbonyl (C=O) groups is 1. The van der Waals surface area contributed by atoms with E-state index in [2.05, 4.69) is 15.3 Å². The molecular formula is C12H19N3O2. The van der Waals surface area contributed by atoms with Crippen LogP contribution in [0.25, 0.3) is 0 Å². The number of aryl methyl sites for hydroxylation is 1. The zero-order valence-corrected chi connectivity index (χ0v) is 10.6. The molecule has 5 nitrogen and oxygen atoms in total. The molecule has 0 aromatic carbocycles. The minimum Gasteiger partial charge on any atom is -0.465 e. The van der Waals surface area contributed by atoms with Crippen LogP contribution in [0.4, 0.5) is 0 Å². The van der Waals surface area contributed by atoms with E-state index in [4.69, 9.17) is 4.74 Å². The lowest BCUT2D eigenvalue weighted by atomic mass is 10.2. The van der Waals surface area contributed by atoms with Crippen LogP contribution >= 0.6 is 0 Å². The van der Waals surface area contributed by atoms with Crippen molar-refractivity contribution in [2.45, 2.75) is 39.8 Å². The van der Waals surface area contributed by atoms with Crippen molar-refractivity contribution in [3.63, 3.8) is 0 Å². The molecule has 17 heavy (non-hydrogen) atoms. The number of hydrogen-bond donors (Lipinski definition) is 1. The number of esters is 1. The molecule has 1 atom stereocenters. The molecule has 5 heteroatoms. The molecule has 0 saturated carbocycles. The van der Waals surface area contributed by atoms with E-state index >= 15 is 0 Å². The second-order valence-electron chi connectivity index (χ2n) is 3.74. The molecule has 0 aliphatic carbocycles. The summed E-state index contributed by atoms with van der Waals surface area (Å²) in [4.78, 5) is 19.9. The normalized spacial score (nSPS) is 12.2. The highest BCUT2D eigenvalue weighted by Gasteiger charge is 2.16. The molecule has 1 aromatic rings. The van der Waals surface area contributed by atoms with Crippen LogP contribution in [0.3, 0.4) is 0 Å². The number of nitrogens with one attached hydrogen (secondary N) is 1. The SMILES string of the molecule is CCOC(=O)C(CC)NCc1cnc(C)cn1. The fourth-order valence-electron chi connectivity index (χ4n) is 1.38. The lowest BCUT2D eigenvalue weighted by molar-refractivity contribution is -0.145. The van der Waals surface area contributed by atoms with Gasteiger partial charge in [-0.15, -0.1) is 0 Å². The molecule has 0 radical (unpaired) electrons. The molecule has 1 unspecified atom stereocenters. The van der Waals surface area contributed by atoms with Crippen molar-refractivity contribution in [3.8, 4) is 0 Å². The Morgan fingerprint density at radius 2 is 2.18 bits per heavy atom. The maximum Gasteiger partial charge on any atom is 0.323 e. The Kier molecular flexibility index (Phi) is 5.56. The maximum absolute atomic E-state index is 11.5. The Morgan fingerprint density at radius 3 is 2.71 bits per heavy atom. The quantitative estimate of drug-likeness (QED) is 0.754. The predicted octanol–water partition coefficient (Wildman–Crippen LogP) is 1.22. The summed E-state index contributed by atoms with van der Waals surface area (Å²) >= 11 is 0. The molecule has 1 aromatic heterocycles. The Morgan fingerprint density at radius 1 is 1.41 bits per heavy atom. The summed E-state index contributed by atoms with van der Waals surface area (Å²) in [6.07, 6.45) is 4.11. The molecule has 0 fully saturated rings. The molecule has 1 rings (SSSR count). The third kappa shape index (κ3) is 4.48. The molecule has 94 valence electrons. The van der Waals surface area contributed by atoms with Gasteiger partial charge in [0, 0.05) is 18.9 Å². The number of ether oxygens (including phenoxy) is 1. The van der Waals surface area contributed by atoms with Crippen molar-refractivity contribution in [2.75, 3.05) is 6.61 Å². The van der Waals surface area contributed by atoms with Gasteiger partial charge in [0.2, 0.25) is 0 Å². The highest BCUT2D eigenvalue weighted by molar-refractivity contribution is 5.75. The van der Waals surface area contributed by atoms with E-state index < -0.39 is 0 Å². The summed E-state index contributed by atoms with van der Waals surface area (Å²) < 4.78 is 4.96. The summed E-state index contributed by atoms with van der Waals surface area (Å²) in [6.45, 7) is 6.55. The third-order valence-corrected chi connectivity index (χ3v) is 2.34. The Bertz CT molecular complexity index is 351. The van der Waals surface area contributed by atoms with Crippen LogP contribution in [0.1, 0.15) is 31.7 Å². The first kappa shape index (κ1) is 13.6. The molecule has 0 bridgehead atoms. The molecule has 0 aliphatic heterocycles. The number of carbonyl (C=O) groups excluding carboxylic acids is 1. The molecule has 1 N–H and O–H groups in total. The summed E-state index contributed by atoms with van der Waals surface area (Å²) in [5.74, 6) is -0.213. The van der Waals surface area contributed by atoms with Gasteiger partial charge in [-0.1, -0.05) is 6.92 Å². The van der Waals surface area contributed by atoms with Gasteiger partial charge in [0.05, 0.1) is 18.0 Å². The maximum atomic E-state index is 11.5. The average molecular weight is 237 g/mol. The highest BCUT2D eigenvalue weighted by atomic mass is 16.5. The second-order valence-corrected chi connectivity index (χ2v) is 3.74. The average Bonchev–Trinajstić information content (AvgIpc) is 2.32. The van der Waals surface area contributed by atoms with Crippen LogP contribution in [0.2, 0.25) is 0 Å². The topological polar surface area (TPSA) is 64.1 Å². The summed E-state index contributed by atoms with van der Waals surface area (Å²) in [5, 5.41) is 3.11. The molecule has 0 saturated heterocycles. The molecule has 1 heterocycles. The zero-order valence-electron chi connectivity index (χ0n) is 10.6. The minimum atomic E-state index is -0.280. The van der Waals surface area contributed by atoms with Gasteiger partial charge < -0.3 is 4.74 Å². The fraction of sp³-hybridized carbons (Fsp3) is 0.583. The van der Waals surface area contributed by atoms with Gasteiger partial charge in [0.1, 0.15) is 6.04 Å². The lowest BCUT2D eigenvalue weighted by Gasteiger charge is -2.14. The minimum absolute atomic E-state index is 0.213. The van der Waals surface area contributed by atoms with Gasteiger partial charge >= 0.3 is 5.97 Å². The lowest BCUT2D eigenvalue weighted by Crippen LogP contribution is -2.37. The van der Waals surface area contributed by atoms with Crippen molar-refractivity contribution >= 4 is 5.97 Å². The van der Waals surface area contributed by atoms with Crippen molar-refractivity contribution in [1.82, 2.24) is 15.3 Å². The van der Waals surface area contributed by atoms with Crippen LogP contribution in [0.15, 0.2) is 12.4 Å². The predicted molar refractivity (Wildman–Crippen MR) is 64.3 cm³/mol. The number of nitrogens with zero attached hydrogens (tertiary/aromatic N) is 2. The van der Waals surface area contributed by atoms with Crippen LogP contribution < -0.4 is 5.32 Å². The smallest absolute Gasteiger partial charge is 0.323 e. The molecule has 0 aliphatic rings. The van der Waals surface area contributed by atoms with E-state index in [0.29, 0.717) is 19.6 Å². The fourth-order valence-corrected chi connectivity index (χ4v) is 1.38. The largest absolute Gasteiger partial charge is 0.465 e. The van der Waals surface area contributed by atoms with E-state index in [9.17, 15) is 4.79 Å². The number of hydrogen-bond acceptors (Lipinski definition) is 5. The Labute approximate surface area is 102 Å². The van der Waals surface area contributed by atoms with Crippen LogP contribution in [-0.4, -0.2) is 28.6 Å². The van der Waals surface area contributed by atoms with Crippen molar-refractivity contribution < 1.29 is 9.53 Å². The summed E-state index contributed by atoms with van der Waals surface area (Å²) in [6, 6.07) is -0.280. The number of aromatic nitrogens is 2. The van der Waals surface area contributed by atoms with Gasteiger partial charge in [0.25, 0.3) is 0 Å². The van der Waals surface area contributed by atoms with Crippen molar-refractivity contribution in [3.05, 3.63) is 23.8 Å². The van der Waals surface area contributed by atoms with Crippen molar-refractivity contribution in [2.24, 2.45) is 0 Å². The van der Waals surface area contributed by atoms with Gasteiger partial charge in [-0.05, 0) is 20.3 Å². The molecule has 0 spiro atoms. The Balaban J connectivity index is 2.47. The van der Waals surface area contributed by atoms with Crippen molar-refractivity contribution in [1.29, 1.82) is 0 Å². The van der Waals surface area contributed by atoms with Crippen LogP contribution in [0.5, 0.6) is 0 Å². The first-order valence-corrected chi connectivity index (χ1v) is 5.84. The first-order chi connectivity index (χ1) is 8.17. The van der Waals surface area contributed by atoms with E-state index in [-0.39, 0.29) is 12.0 Å². The number of rotatable bonds is 6. The van der Waals surface area contributed by atoms with E-state index in [0.717, 1.165) is 11.4 Å². The third-order valence-electron chi connectivity index (χ3n) is 2.34. The zero-order chi connectivity index (χ0) is 12.7. The van der Waals surface area contributed by atoms with Gasteiger partial charge in [-0.3, -0.25) is 20.1 Å².